The number of ether oxygens (including phenoxy) is 1. The summed E-state index contributed by atoms with van der Waals surface area (Å²) in [6.45, 7) is 12.3. The number of hydrogen-bond acceptors (Lipinski definition) is 3. The number of rotatable bonds is 5. The number of methoxy groups -OCH3 is 1. The second-order valence-electron chi connectivity index (χ2n) is 9.22. The Morgan fingerprint density at radius 3 is 2.45 bits per heavy atom. The second-order valence-corrected chi connectivity index (χ2v) is 9.22. The number of carbonyl (C=O) groups is 2. The van der Waals surface area contributed by atoms with Crippen LogP contribution in [0.15, 0.2) is 54.6 Å². The average molecular weight is 422 g/mol. The van der Waals surface area contributed by atoms with E-state index in [4.69, 9.17) is 4.74 Å². The van der Waals surface area contributed by atoms with Crippen LogP contribution in [0.1, 0.15) is 60.8 Å². The minimum atomic E-state index is -0.979. The summed E-state index contributed by atoms with van der Waals surface area (Å²) >= 11 is 0. The molecule has 0 saturated heterocycles. The van der Waals surface area contributed by atoms with Crippen LogP contribution in [-0.4, -0.2) is 35.5 Å². The third-order valence-corrected chi connectivity index (χ3v) is 5.96. The van der Waals surface area contributed by atoms with E-state index in [0.717, 1.165) is 16.7 Å². The minimum absolute atomic E-state index is 0.131. The number of carboxylic acid groups (broad SMARTS) is 1. The molecule has 0 saturated carbocycles. The maximum Gasteiger partial charge on any atom is 0.313 e. The van der Waals surface area contributed by atoms with Crippen LogP contribution in [0.2, 0.25) is 0 Å². The van der Waals surface area contributed by atoms with Gasteiger partial charge in [-0.1, -0.05) is 63.3 Å². The van der Waals surface area contributed by atoms with Crippen molar-refractivity contribution in [2.75, 3.05) is 13.7 Å². The fourth-order valence-corrected chi connectivity index (χ4v) is 4.41. The van der Waals surface area contributed by atoms with Gasteiger partial charge in [0, 0.05) is 12.1 Å². The van der Waals surface area contributed by atoms with Crippen LogP contribution in [-0.2, 0) is 16.6 Å². The molecule has 1 amide bonds. The van der Waals surface area contributed by atoms with E-state index in [1.54, 1.807) is 31.1 Å². The summed E-state index contributed by atoms with van der Waals surface area (Å²) in [6, 6.07) is 12.6. The molecule has 5 nitrogen and oxygen atoms in total. The standard InChI is InChI=1S/C26H31NO4/c1-16(2)22(25(29)30)23-19-10-8-7-9-17(19)13-14-27(23)24(28)18-11-12-20(26(3,4)5)21(15-18)31-6/h7-12,15,22-23H,1,13-14H2,2-6H3,(H,29,30). The monoisotopic (exact) mass is 421 g/mol. The van der Waals surface area contributed by atoms with Crippen molar-refractivity contribution in [3.63, 3.8) is 0 Å². The Kier molecular flexibility index (Phi) is 6.25. The first-order valence-electron chi connectivity index (χ1n) is 10.5. The predicted octanol–water partition coefficient (Wildman–Crippen LogP) is 5.01. The van der Waals surface area contributed by atoms with Crippen LogP contribution in [0.3, 0.4) is 0 Å². The van der Waals surface area contributed by atoms with Crippen LogP contribution in [0.4, 0.5) is 0 Å². The van der Waals surface area contributed by atoms with E-state index in [0.29, 0.717) is 29.9 Å². The van der Waals surface area contributed by atoms with Crippen molar-refractivity contribution in [3.8, 4) is 5.75 Å². The lowest BCUT2D eigenvalue weighted by Gasteiger charge is -2.40. The van der Waals surface area contributed by atoms with Gasteiger partial charge in [0.1, 0.15) is 11.7 Å². The molecule has 5 heteroatoms. The molecule has 31 heavy (non-hydrogen) atoms. The Morgan fingerprint density at radius 2 is 1.87 bits per heavy atom. The first-order chi connectivity index (χ1) is 14.6. The largest absolute Gasteiger partial charge is 0.496 e. The summed E-state index contributed by atoms with van der Waals surface area (Å²) in [5.74, 6) is -1.42. The van der Waals surface area contributed by atoms with Gasteiger partial charge in [0.25, 0.3) is 5.91 Å². The van der Waals surface area contributed by atoms with Gasteiger partial charge in [-0.25, -0.2) is 0 Å². The molecule has 1 aliphatic heterocycles. The Hall–Kier alpha value is -3.08. The summed E-state index contributed by atoms with van der Waals surface area (Å²) in [6.07, 6.45) is 0.679. The molecule has 0 spiro atoms. The number of amides is 1. The summed E-state index contributed by atoms with van der Waals surface area (Å²) in [5, 5.41) is 9.98. The third-order valence-electron chi connectivity index (χ3n) is 5.96. The molecule has 2 aromatic rings. The second kappa shape index (κ2) is 8.58. The first kappa shape index (κ1) is 22.6. The van der Waals surface area contributed by atoms with Gasteiger partial charge in [-0.2, -0.15) is 0 Å². The highest BCUT2D eigenvalue weighted by atomic mass is 16.5. The SMILES string of the molecule is C=C(C)C(C(=O)O)C1c2ccccc2CCN1C(=O)c1ccc(C(C)(C)C)c(OC)c1. The highest BCUT2D eigenvalue weighted by Gasteiger charge is 2.40. The van der Waals surface area contributed by atoms with E-state index in [1.165, 1.54) is 0 Å². The van der Waals surface area contributed by atoms with Crippen LogP contribution in [0, 0.1) is 5.92 Å². The van der Waals surface area contributed by atoms with Gasteiger partial charge in [-0.05, 0) is 47.6 Å². The number of fused-ring (bicyclic) bond motifs is 1. The van der Waals surface area contributed by atoms with Crippen molar-refractivity contribution in [1.82, 2.24) is 4.90 Å². The van der Waals surface area contributed by atoms with Crippen molar-refractivity contribution in [2.24, 2.45) is 5.92 Å². The van der Waals surface area contributed by atoms with E-state index >= 15 is 0 Å². The summed E-state index contributed by atoms with van der Waals surface area (Å²) in [7, 11) is 1.60. The van der Waals surface area contributed by atoms with E-state index in [1.807, 2.05) is 30.3 Å². The van der Waals surface area contributed by atoms with Gasteiger partial charge in [0.2, 0.25) is 0 Å². The van der Waals surface area contributed by atoms with Gasteiger partial charge in [0.15, 0.2) is 0 Å². The lowest BCUT2D eigenvalue weighted by Crippen LogP contribution is -2.45. The van der Waals surface area contributed by atoms with Crippen LogP contribution in [0.25, 0.3) is 0 Å². The predicted molar refractivity (Wildman–Crippen MR) is 122 cm³/mol. The zero-order valence-electron chi connectivity index (χ0n) is 18.9. The molecule has 0 aliphatic carbocycles. The molecular formula is C26H31NO4. The molecule has 2 unspecified atom stereocenters. The van der Waals surface area contributed by atoms with Gasteiger partial charge < -0.3 is 14.7 Å². The fourth-order valence-electron chi connectivity index (χ4n) is 4.41. The van der Waals surface area contributed by atoms with Gasteiger partial charge in [0.05, 0.1) is 13.2 Å². The molecule has 0 aromatic heterocycles. The fraction of sp³-hybridized carbons (Fsp3) is 0.385. The molecule has 164 valence electrons. The minimum Gasteiger partial charge on any atom is -0.496 e. The van der Waals surface area contributed by atoms with E-state index in [2.05, 4.69) is 27.4 Å². The van der Waals surface area contributed by atoms with Gasteiger partial charge in [-0.3, -0.25) is 9.59 Å². The maximum absolute atomic E-state index is 13.6. The van der Waals surface area contributed by atoms with Crippen LogP contribution >= 0.6 is 0 Å². The molecule has 1 heterocycles. The van der Waals surface area contributed by atoms with Crippen molar-refractivity contribution in [2.45, 2.75) is 45.6 Å². The summed E-state index contributed by atoms with van der Waals surface area (Å²) in [4.78, 5) is 27.5. The lowest BCUT2D eigenvalue weighted by molar-refractivity contribution is -0.142. The van der Waals surface area contributed by atoms with Crippen molar-refractivity contribution in [1.29, 1.82) is 0 Å². The average Bonchev–Trinajstić information content (AvgIpc) is 2.71. The van der Waals surface area contributed by atoms with Crippen LogP contribution in [0.5, 0.6) is 5.75 Å². The molecule has 3 rings (SSSR count). The Morgan fingerprint density at radius 1 is 1.19 bits per heavy atom. The number of aliphatic carboxylic acids is 1. The Bertz CT molecular complexity index is 1000. The third kappa shape index (κ3) is 4.36. The molecule has 1 aliphatic rings. The normalized spacial score (nSPS) is 16.9. The number of carboxylic acids is 1. The summed E-state index contributed by atoms with van der Waals surface area (Å²) < 4.78 is 5.58. The van der Waals surface area contributed by atoms with Gasteiger partial charge >= 0.3 is 5.97 Å². The maximum atomic E-state index is 13.6. The van der Waals surface area contributed by atoms with Crippen LogP contribution < -0.4 is 4.74 Å². The number of nitrogens with zero attached hydrogens (tertiary/aromatic N) is 1. The van der Waals surface area contributed by atoms with Crippen molar-refractivity contribution < 1.29 is 19.4 Å². The molecule has 2 atom stereocenters. The molecule has 0 bridgehead atoms. The quantitative estimate of drug-likeness (QED) is 0.689. The van der Waals surface area contributed by atoms with Crippen molar-refractivity contribution >= 4 is 11.9 Å². The number of carbonyl (C=O) groups excluding carboxylic acids is 1. The van der Waals surface area contributed by atoms with E-state index in [-0.39, 0.29) is 11.3 Å². The van der Waals surface area contributed by atoms with E-state index < -0.39 is 17.9 Å². The molecule has 0 radical (unpaired) electrons. The highest BCUT2D eigenvalue weighted by Crippen LogP contribution is 2.40. The topological polar surface area (TPSA) is 66.8 Å². The number of hydrogen-bond donors (Lipinski definition) is 1. The number of benzene rings is 2. The summed E-state index contributed by atoms with van der Waals surface area (Å²) in [5.41, 5.74) is 3.83. The highest BCUT2D eigenvalue weighted by molar-refractivity contribution is 5.96. The zero-order chi connectivity index (χ0) is 22.9. The molecule has 2 aromatic carbocycles. The Labute approximate surface area is 184 Å². The van der Waals surface area contributed by atoms with Gasteiger partial charge in [-0.15, -0.1) is 0 Å². The smallest absolute Gasteiger partial charge is 0.313 e. The zero-order valence-corrected chi connectivity index (χ0v) is 18.9. The van der Waals surface area contributed by atoms with Crippen molar-refractivity contribution in [3.05, 3.63) is 76.9 Å². The molecule has 1 N–H and O–H groups in total. The Balaban J connectivity index is 2.09. The first-order valence-corrected chi connectivity index (χ1v) is 10.5. The molecular weight excluding hydrogens is 390 g/mol. The van der Waals surface area contributed by atoms with E-state index in [9.17, 15) is 14.7 Å². The molecule has 0 fully saturated rings. The lowest BCUT2D eigenvalue weighted by atomic mass is 9.81.